The SMILES string of the molecule is COC1(C)O[C@@H]2[C@H](O1)[C@@H](CO)O[C@H]2n1cc(F)c2c(=O)[nH]cnc21. The van der Waals surface area contributed by atoms with Crippen LogP contribution in [0.5, 0.6) is 0 Å². The van der Waals surface area contributed by atoms with Gasteiger partial charge in [-0.2, -0.15) is 0 Å². The summed E-state index contributed by atoms with van der Waals surface area (Å²) in [7, 11) is 1.43. The largest absolute Gasteiger partial charge is 0.394 e. The van der Waals surface area contributed by atoms with Gasteiger partial charge in [-0.1, -0.05) is 0 Å². The first-order valence-electron chi connectivity index (χ1n) is 7.38. The normalized spacial score (nSPS) is 35.7. The van der Waals surface area contributed by atoms with Crippen molar-refractivity contribution in [3.8, 4) is 0 Å². The minimum absolute atomic E-state index is 0.119. The van der Waals surface area contributed by atoms with Crippen molar-refractivity contribution in [2.75, 3.05) is 13.7 Å². The zero-order valence-corrected chi connectivity index (χ0v) is 12.9. The molecule has 10 heteroatoms. The van der Waals surface area contributed by atoms with E-state index < -0.39 is 41.9 Å². The molecular formula is C14H16FN3O6. The Labute approximate surface area is 134 Å². The molecular weight excluding hydrogens is 325 g/mol. The second-order valence-electron chi connectivity index (χ2n) is 5.79. The lowest BCUT2D eigenvalue weighted by molar-refractivity contribution is -0.336. The maximum atomic E-state index is 14.2. The molecule has 2 aliphatic rings. The summed E-state index contributed by atoms with van der Waals surface area (Å²) < 4.78 is 38.0. The van der Waals surface area contributed by atoms with Crippen LogP contribution in [0.4, 0.5) is 4.39 Å². The molecule has 2 aromatic rings. The van der Waals surface area contributed by atoms with Gasteiger partial charge in [0.2, 0.25) is 0 Å². The van der Waals surface area contributed by atoms with Crippen molar-refractivity contribution in [3.63, 3.8) is 0 Å². The monoisotopic (exact) mass is 341 g/mol. The number of methoxy groups -OCH3 is 1. The first kappa shape index (κ1) is 15.7. The third-order valence-corrected chi connectivity index (χ3v) is 4.38. The number of H-pyrrole nitrogens is 1. The molecule has 5 atom stereocenters. The van der Waals surface area contributed by atoms with E-state index in [0.717, 1.165) is 6.20 Å². The topological polar surface area (TPSA) is 108 Å². The zero-order valence-electron chi connectivity index (χ0n) is 12.9. The lowest BCUT2D eigenvalue weighted by atomic mass is 10.1. The second kappa shape index (κ2) is 5.33. The van der Waals surface area contributed by atoms with E-state index in [0.29, 0.717) is 0 Å². The van der Waals surface area contributed by atoms with E-state index in [9.17, 15) is 14.3 Å². The van der Waals surface area contributed by atoms with E-state index in [1.165, 1.54) is 18.0 Å². The van der Waals surface area contributed by atoms with Crippen molar-refractivity contribution in [1.82, 2.24) is 14.5 Å². The van der Waals surface area contributed by atoms with Crippen LogP contribution in [0.3, 0.4) is 0 Å². The predicted octanol–water partition coefficient (Wildman–Crippen LogP) is -0.143. The number of nitrogens with one attached hydrogen (secondary N) is 1. The molecule has 0 aliphatic carbocycles. The first-order valence-corrected chi connectivity index (χ1v) is 7.38. The number of aliphatic hydroxyl groups excluding tert-OH is 1. The van der Waals surface area contributed by atoms with Gasteiger partial charge in [-0.05, 0) is 0 Å². The van der Waals surface area contributed by atoms with Gasteiger partial charge in [-0.3, -0.25) is 4.79 Å². The minimum Gasteiger partial charge on any atom is -0.394 e. The van der Waals surface area contributed by atoms with E-state index in [4.69, 9.17) is 18.9 Å². The summed E-state index contributed by atoms with van der Waals surface area (Å²) in [5.74, 6) is -2.02. The van der Waals surface area contributed by atoms with Crippen LogP contribution in [0.25, 0.3) is 11.0 Å². The van der Waals surface area contributed by atoms with Crippen LogP contribution in [-0.4, -0.2) is 57.6 Å². The Balaban J connectivity index is 1.80. The molecule has 2 N–H and O–H groups in total. The molecule has 24 heavy (non-hydrogen) atoms. The van der Waals surface area contributed by atoms with Gasteiger partial charge in [-0.15, -0.1) is 0 Å². The molecule has 0 spiro atoms. The van der Waals surface area contributed by atoms with Gasteiger partial charge in [0, 0.05) is 20.2 Å². The van der Waals surface area contributed by atoms with E-state index in [1.807, 2.05) is 0 Å². The quantitative estimate of drug-likeness (QED) is 0.800. The molecule has 130 valence electrons. The Kier molecular flexibility index (Phi) is 3.48. The summed E-state index contributed by atoms with van der Waals surface area (Å²) in [6.07, 6.45) is -0.470. The van der Waals surface area contributed by atoms with Crippen molar-refractivity contribution in [2.45, 2.75) is 37.4 Å². The smallest absolute Gasteiger partial charge is 0.280 e. The number of aromatic amines is 1. The average Bonchev–Trinajstić information content (AvgIpc) is 3.18. The summed E-state index contributed by atoms with van der Waals surface area (Å²) in [6, 6.07) is 0. The molecule has 4 rings (SSSR count). The molecule has 2 fully saturated rings. The Morgan fingerprint density at radius 2 is 2.25 bits per heavy atom. The van der Waals surface area contributed by atoms with Gasteiger partial charge in [0.15, 0.2) is 17.7 Å². The summed E-state index contributed by atoms with van der Waals surface area (Å²) in [5.41, 5.74) is -0.469. The molecule has 2 aliphatic heterocycles. The van der Waals surface area contributed by atoms with E-state index in [-0.39, 0.29) is 17.6 Å². The number of fused-ring (bicyclic) bond motifs is 2. The van der Waals surface area contributed by atoms with Gasteiger partial charge in [0.1, 0.15) is 23.7 Å². The molecule has 2 saturated heterocycles. The Morgan fingerprint density at radius 1 is 1.50 bits per heavy atom. The highest BCUT2D eigenvalue weighted by Gasteiger charge is 2.58. The number of rotatable bonds is 3. The second-order valence-corrected chi connectivity index (χ2v) is 5.79. The van der Waals surface area contributed by atoms with Crippen molar-refractivity contribution in [1.29, 1.82) is 0 Å². The summed E-state index contributed by atoms with van der Waals surface area (Å²) in [4.78, 5) is 18.2. The van der Waals surface area contributed by atoms with E-state index >= 15 is 0 Å². The van der Waals surface area contributed by atoms with Crippen molar-refractivity contribution < 1.29 is 28.4 Å². The maximum absolute atomic E-state index is 14.2. The summed E-state index contributed by atoms with van der Waals surface area (Å²) >= 11 is 0. The number of ether oxygens (including phenoxy) is 4. The Bertz CT molecular complexity index is 838. The standard InChI is InChI=1S/C14H16FN3O6/c1-14(21-2)23-9-7(4-19)22-13(10(9)24-14)18-3-6(15)8-11(18)16-5-17-12(8)20/h3,5,7,9-10,13,19H,4H2,1-2H3,(H,16,17,20)/t7-,9-,10-,13-,14?/m1/s1. The highest BCUT2D eigenvalue weighted by molar-refractivity contribution is 5.75. The Morgan fingerprint density at radius 3 is 2.96 bits per heavy atom. The van der Waals surface area contributed by atoms with Crippen LogP contribution in [0.15, 0.2) is 17.3 Å². The van der Waals surface area contributed by atoms with Crippen molar-refractivity contribution in [2.24, 2.45) is 0 Å². The fourth-order valence-corrected chi connectivity index (χ4v) is 3.21. The van der Waals surface area contributed by atoms with Crippen molar-refractivity contribution >= 4 is 11.0 Å². The van der Waals surface area contributed by atoms with E-state index in [2.05, 4.69) is 9.97 Å². The summed E-state index contributed by atoms with van der Waals surface area (Å²) in [5, 5.41) is 9.36. The van der Waals surface area contributed by atoms with Gasteiger partial charge < -0.3 is 33.6 Å². The molecule has 0 radical (unpaired) electrons. The van der Waals surface area contributed by atoms with E-state index in [1.54, 1.807) is 6.92 Å². The maximum Gasteiger partial charge on any atom is 0.280 e. The molecule has 2 aromatic heterocycles. The zero-order chi connectivity index (χ0) is 17.1. The molecule has 0 aromatic carbocycles. The predicted molar refractivity (Wildman–Crippen MR) is 76.5 cm³/mol. The van der Waals surface area contributed by atoms with Gasteiger partial charge >= 0.3 is 0 Å². The number of nitrogens with zero attached hydrogens (tertiary/aromatic N) is 2. The van der Waals surface area contributed by atoms with Gasteiger partial charge in [0.05, 0.1) is 12.9 Å². The first-order chi connectivity index (χ1) is 11.5. The number of aliphatic hydroxyl groups is 1. The van der Waals surface area contributed by atoms with Gasteiger partial charge in [-0.25, -0.2) is 9.37 Å². The lowest BCUT2D eigenvalue weighted by Crippen LogP contribution is -2.34. The highest BCUT2D eigenvalue weighted by Crippen LogP contribution is 2.44. The van der Waals surface area contributed by atoms with Crippen LogP contribution in [0.2, 0.25) is 0 Å². The number of halogens is 1. The average molecular weight is 341 g/mol. The van der Waals surface area contributed by atoms with Crippen LogP contribution >= 0.6 is 0 Å². The summed E-state index contributed by atoms with van der Waals surface area (Å²) in [6.45, 7) is 1.28. The van der Waals surface area contributed by atoms with Crippen LogP contribution in [-0.2, 0) is 18.9 Å². The molecule has 9 nitrogen and oxygen atoms in total. The van der Waals surface area contributed by atoms with Crippen LogP contribution in [0, 0.1) is 5.82 Å². The highest BCUT2D eigenvalue weighted by atomic mass is 19.1. The third kappa shape index (κ3) is 2.11. The molecule has 0 bridgehead atoms. The fraction of sp³-hybridized carbons (Fsp3) is 0.571. The molecule has 0 amide bonds. The molecule has 4 heterocycles. The minimum atomic E-state index is -1.29. The van der Waals surface area contributed by atoms with Crippen molar-refractivity contribution in [3.05, 3.63) is 28.7 Å². The Hall–Kier alpha value is -1.85. The van der Waals surface area contributed by atoms with Crippen LogP contribution < -0.4 is 5.56 Å². The van der Waals surface area contributed by atoms with Gasteiger partial charge in [0.25, 0.3) is 11.5 Å². The lowest BCUT2D eigenvalue weighted by Gasteiger charge is -2.26. The third-order valence-electron chi connectivity index (χ3n) is 4.38. The molecule has 1 unspecified atom stereocenters. The number of hydrogen-bond acceptors (Lipinski definition) is 7. The number of hydrogen-bond donors (Lipinski definition) is 2. The van der Waals surface area contributed by atoms with Crippen LogP contribution in [0.1, 0.15) is 13.2 Å². The fourth-order valence-electron chi connectivity index (χ4n) is 3.21. The number of aromatic nitrogens is 3. The molecule has 0 saturated carbocycles.